The second-order valence-corrected chi connectivity index (χ2v) is 6.92. The number of aliphatic hydroxyl groups excluding tert-OH is 1. The Labute approximate surface area is 139 Å². The highest BCUT2D eigenvalue weighted by atomic mass is 32.1. The molecule has 23 heavy (non-hydrogen) atoms. The highest BCUT2D eigenvalue weighted by Crippen LogP contribution is 2.36. The average Bonchev–Trinajstić information content (AvgIpc) is 3.26. The fourth-order valence-corrected chi connectivity index (χ4v) is 3.65. The van der Waals surface area contributed by atoms with Gasteiger partial charge in [-0.15, -0.1) is 0 Å². The minimum atomic E-state index is -0.347. The zero-order chi connectivity index (χ0) is 16.2. The summed E-state index contributed by atoms with van der Waals surface area (Å²) >= 11 is 1.16. The summed E-state index contributed by atoms with van der Waals surface area (Å²) in [6.45, 7) is 1.50. The molecule has 122 valence electrons. The Balaban J connectivity index is 1.77. The molecule has 0 saturated heterocycles. The van der Waals surface area contributed by atoms with Crippen molar-refractivity contribution in [2.45, 2.75) is 32.0 Å². The molecular formula is C17H20N2O3S. The smallest absolute Gasteiger partial charge is 0.324 e. The number of hydrogen-bond acceptors (Lipinski definition) is 5. The van der Waals surface area contributed by atoms with E-state index in [1.165, 1.54) is 5.56 Å². The highest BCUT2D eigenvalue weighted by Gasteiger charge is 2.35. The third-order valence-electron chi connectivity index (χ3n) is 4.26. The molecule has 1 saturated carbocycles. The molecule has 0 spiro atoms. The summed E-state index contributed by atoms with van der Waals surface area (Å²) in [4.78, 5) is 12.8. The molecule has 1 aromatic carbocycles. The summed E-state index contributed by atoms with van der Waals surface area (Å²) in [6.07, 6.45) is 2.31. The number of thiophene rings is 1. The van der Waals surface area contributed by atoms with Crippen molar-refractivity contribution in [1.29, 1.82) is 0 Å². The predicted molar refractivity (Wildman–Crippen MR) is 90.3 cm³/mol. The van der Waals surface area contributed by atoms with Crippen molar-refractivity contribution < 1.29 is 10.0 Å². The number of aliphatic hydroxyl groups is 1. The van der Waals surface area contributed by atoms with Crippen molar-refractivity contribution >= 4 is 16.3 Å². The monoisotopic (exact) mass is 332 g/mol. The van der Waals surface area contributed by atoms with Gasteiger partial charge in [0.2, 0.25) is 0 Å². The number of nitrogens with zero attached hydrogens (tertiary/aromatic N) is 2. The zero-order valence-corrected chi connectivity index (χ0v) is 13.6. The van der Waals surface area contributed by atoms with Crippen LogP contribution in [0.25, 0.3) is 0 Å². The minimum Gasteiger partial charge on any atom is -0.395 e. The van der Waals surface area contributed by atoms with Crippen molar-refractivity contribution in [3.8, 4) is 0 Å². The fraction of sp³-hybridized carbons (Fsp3) is 0.412. The van der Waals surface area contributed by atoms with Crippen LogP contribution in [0.5, 0.6) is 0 Å². The number of hydrogen-bond donors (Lipinski definition) is 1. The van der Waals surface area contributed by atoms with E-state index < -0.39 is 0 Å². The maximum absolute atomic E-state index is 10.9. The predicted octanol–water partition coefficient (Wildman–Crippen LogP) is 3.43. The van der Waals surface area contributed by atoms with Gasteiger partial charge in [0.15, 0.2) is 0 Å². The Morgan fingerprint density at radius 2 is 1.96 bits per heavy atom. The normalized spacial score (nSPS) is 15.7. The first-order valence-electron chi connectivity index (χ1n) is 7.78. The zero-order valence-electron chi connectivity index (χ0n) is 12.8. The van der Waals surface area contributed by atoms with Gasteiger partial charge in [0, 0.05) is 30.6 Å². The Kier molecular flexibility index (Phi) is 5.05. The van der Waals surface area contributed by atoms with Crippen LogP contribution in [0.4, 0.5) is 5.00 Å². The summed E-state index contributed by atoms with van der Waals surface area (Å²) in [6, 6.07) is 11.9. The van der Waals surface area contributed by atoms with Crippen molar-refractivity contribution in [1.82, 2.24) is 4.90 Å². The molecule has 5 nitrogen and oxygen atoms in total. The van der Waals surface area contributed by atoms with Crippen LogP contribution in [0, 0.1) is 16.0 Å². The van der Waals surface area contributed by atoms with Gasteiger partial charge in [-0.1, -0.05) is 41.7 Å². The van der Waals surface area contributed by atoms with Gasteiger partial charge in [-0.3, -0.25) is 15.0 Å². The number of nitro groups is 1. The SMILES string of the molecule is O=[N+]([O-])c1cc(CN(Cc2ccccc2)C(CO)C2CC2)cs1. The van der Waals surface area contributed by atoms with Crippen LogP contribution in [0.3, 0.4) is 0 Å². The lowest BCUT2D eigenvalue weighted by Crippen LogP contribution is -2.38. The first-order valence-corrected chi connectivity index (χ1v) is 8.66. The first-order chi connectivity index (χ1) is 11.2. The lowest BCUT2D eigenvalue weighted by Gasteiger charge is -2.30. The van der Waals surface area contributed by atoms with E-state index in [-0.39, 0.29) is 22.6 Å². The fourth-order valence-electron chi connectivity index (χ4n) is 2.93. The Morgan fingerprint density at radius 1 is 1.26 bits per heavy atom. The molecule has 1 aromatic heterocycles. The summed E-state index contributed by atoms with van der Waals surface area (Å²) < 4.78 is 0. The van der Waals surface area contributed by atoms with Crippen LogP contribution < -0.4 is 0 Å². The Hall–Kier alpha value is -1.76. The maximum atomic E-state index is 10.9. The molecule has 0 amide bonds. The minimum absolute atomic E-state index is 0.120. The van der Waals surface area contributed by atoms with Crippen LogP contribution >= 0.6 is 11.3 Å². The lowest BCUT2D eigenvalue weighted by molar-refractivity contribution is -0.380. The Bertz CT molecular complexity index is 655. The van der Waals surface area contributed by atoms with Crippen LogP contribution in [0.1, 0.15) is 24.0 Å². The molecule has 1 atom stereocenters. The highest BCUT2D eigenvalue weighted by molar-refractivity contribution is 7.13. The number of rotatable bonds is 8. The topological polar surface area (TPSA) is 66.6 Å². The van der Waals surface area contributed by atoms with Gasteiger partial charge in [-0.25, -0.2) is 0 Å². The van der Waals surface area contributed by atoms with E-state index in [2.05, 4.69) is 17.0 Å². The third-order valence-corrected chi connectivity index (χ3v) is 5.19. The van der Waals surface area contributed by atoms with Gasteiger partial charge in [0.25, 0.3) is 0 Å². The van der Waals surface area contributed by atoms with Crippen LogP contribution in [0.15, 0.2) is 41.8 Å². The van der Waals surface area contributed by atoms with E-state index in [1.807, 2.05) is 23.6 Å². The molecule has 2 aromatic rings. The molecule has 1 fully saturated rings. The molecule has 1 aliphatic rings. The van der Waals surface area contributed by atoms with Crippen LogP contribution in [0.2, 0.25) is 0 Å². The summed E-state index contributed by atoms with van der Waals surface area (Å²) in [7, 11) is 0. The van der Waals surface area contributed by atoms with Crippen molar-refractivity contribution in [2.75, 3.05) is 6.61 Å². The second-order valence-electron chi connectivity index (χ2n) is 6.03. The summed E-state index contributed by atoms with van der Waals surface area (Å²) in [5, 5.41) is 22.7. The van der Waals surface area contributed by atoms with Crippen LogP contribution in [-0.4, -0.2) is 27.6 Å². The molecular weight excluding hydrogens is 312 g/mol. The van der Waals surface area contributed by atoms with Gasteiger partial charge in [-0.05, 0) is 29.9 Å². The van der Waals surface area contributed by atoms with E-state index in [0.29, 0.717) is 12.5 Å². The second kappa shape index (κ2) is 7.21. The summed E-state index contributed by atoms with van der Waals surface area (Å²) in [5.74, 6) is 0.539. The van der Waals surface area contributed by atoms with E-state index in [9.17, 15) is 15.2 Å². The van der Waals surface area contributed by atoms with E-state index >= 15 is 0 Å². The summed E-state index contributed by atoms with van der Waals surface area (Å²) in [5.41, 5.74) is 2.13. The molecule has 1 aliphatic carbocycles. The average molecular weight is 332 g/mol. The molecule has 0 radical (unpaired) electrons. The molecule has 3 rings (SSSR count). The van der Waals surface area contributed by atoms with E-state index in [4.69, 9.17) is 0 Å². The van der Waals surface area contributed by atoms with E-state index in [0.717, 1.165) is 36.3 Å². The molecule has 0 bridgehead atoms. The third kappa shape index (κ3) is 4.16. The van der Waals surface area contributed by atoms with Crippen molar-refractivity contribution in [3.05, 3.63) is 63.0 Å². The number of benzene rings is 1. The maximum Gasteiger partial charge on any atom is 0.324 e. The van der Waals surface area contributed by atoms with Gasteiger partial charge in [0.1, 0.15) is 0 Å². The molecule has 6 heteroatoms. The van der Waals surface area contributed by atoms with Gasteiger partial charge in [0.05, 0.1) is 11.5 Å². The Morgan fingerprint density at radius 3 is 2.52 bits per heavy atom. The quantitative estimate of drug-likeness (QED) is 0.594. The van der Waals surface area contributed by atoms with Gasteiger partial charge >= 0.3 is 5.00 Å². The van der Waals surface area contributed by atoms with Gasteiger partial charge < -0.3 is 5.11 Å². The lowest BCUT2D eigenvalue weighted by atomic mass is 10.1. The van der Waals surface area contributed by atoms with E-state index in [1.54, 1.807) is 6.07 Å². The van der Waals surface area contributed by atoms with Crippen molar-refractivity contribution in [2.24, 2.45) is 5.92 Å². The van der Waals surface area contributed by atoms with Crippen LogP contribution in [-0.2, 0) is 13.1 Å². The molecule has 0 aliphatic heterocycles. The van der Waals surface area contributed by atoms with Gasteiger partial charge in [-0.2, -0.15) is 0 Å². The molecule has 1 heterocycles. The molecule has 1 unspecified atom stereocenters. The standard InChI is InChI=1S/C17H20N2O3S/c20-11-16(15-6-7-15)18(9-13-4-2-1-3-5-13)10-14-8-17(19(21)22)23-12-14/h1-5,8,12,15-16,20H,6-7,9-11H2. The molecule has 1 N–H and O–H groups in total. The first kappa shape index (κ1) is 16.1. The largest absolute Gasteiger partial charge is 0.395 e. The van der Waals surface area contributed by atoms with Crippen molar-refractivity contribution in [3.63, 3.8) is 0 Å².